The standard InChI is InChI=1S/C7H9NO.C6H10O2/c1-6-4-7(5-8)2-3-9-6;1-5-4-6(7)2-3-8-5/h4,6H,2-3H2,1H3;5H,2-4H2,1H3. The van der Waals surface area contributed by atoms with Gasteiger partial charge < -0.3 is 9.47 Å². The van der Waals surface area contributed by atoms with Crippen LogP contribution in [0.2, 0.25) is 0 Å². The fraction of sp³-hybridized carbons (Fsp3) is 0.692. The summed E-state index contributed by atoms with van der Waals surface area (Å²) >= 11 is 0. The summed E-state index contributed by atoms with van der Waals surface area (Å²) in [6, 6.07) is 2.12. The van der Waals surface area contributed by atoms with E-state index in [-0.39, 0.29) is 12.2 Å². The number of Topliss-reactive ketones (excluding diaryl/α,β-unsaturated/α-hetero) is 1. The van der Waals surface area contributed by atoms with Crippen LogP contribution in [0, 0.1) is 11.3 Å². The predicted molar refractivity (Wildman–Crippen MR) is 63.4 cm³/mol. The Bertz CT molecular complexity index is 330. The number of nitrogens with zero attached hydrogens (tertiary/aromatic N) is 1. The molecule has 17 heavy (non-hydrogen) atoms. The fourth-order valence-corrected chi connectivity index (χ4v) is 1.72. The lowest BCUT2D eigenvalue weighted by molar-refractivity contribution is -0.127. The minimum Gasteiger partial charge on any atom is -0.378 e. The Morgan fingerprint density at radius 3 is 2.41 bits per heavy atom. The summed E-state index contributed by atoms with van der Waals surface area (Å²) in [5.41, 5.74) is 0.855. The van der Waals surface area contributed by atoms with Crippen LogP contribution in [0.4, 0.5) is 0 Å². The zero-order chi connectivity index (χ0) is 12.7. The van der Waals surface area contributed by atoms with E-state index in [1.165, 1.54) is 0 Å². The van der Waals surface area contributed by atoms with Crippen LogP contribution >= 0.6 is 0 Å². The molecule has 1 saturated heterocycles. The van der Waals surface area contributed by atoms with Gasteiger partial charge in [0, 0.05) is 24.8 Å². The Balaban J connectivity index is 0.000000171. The van der Waals surface area contributed by atoms with E-state index in [2.05, 4.69) is 6.07 Å². The molecule has 4 nitrogen and oxygen atoms in total. The molecule has 0 aromatic heterocycles. The highest BCUT2D eigenvalue weighted by Crippen LogP contribution is 2.10. The molecule has 2 unspecified atom stereocenters. The fourth-order valence-electron chi connectivity index (χ4n) is 1.72. The lowest BCUT2D eigenvalue weighted by atomic mass is 10.1. The molecule has 94 valence electrons. The first-order chi connectivity index (χ1) is 8.11. The molecule has 4 heteroatoms. The number of carbonyl (C=O) groups excluding carboxylic acids is 1. The molecule has 0 N–H and O–H groups in total. The third kappa shape index (κ3) is 5.62. The molecule has 0 aliphatic carbocycles. The van der Waals surface area contributed by atoms with Crippen molar-refractivity contribution in [2.24, 2.45) is 0 Å². The number of rotatable bonds is 0. The van der Waals surface area contributed by atoms with Crippen LogP contribution in [-0.4, -0.2) is 31.2 Å². The molecule has 1 fully saturated rings. The summed E-state index contributed by atoms with van der Waals surface area (Å²) < 4.78 is 10.3. The van der Waals surface area contributed by atoms with Crippen molar-refractivity contribution in [3.63, 3.8) is 0 Å². The number of ether oxygens (including phenoxy) is 2. The summed E-state index contributed by atoms with van der Waals surface area (Å²) in [5, 5.41) is 8.43. The Morgan fingerprint density at radius 1 is 1.29 bits per heavy atom. The smallest absolute Gasteiger partial charge is 0.137 e. The molecule has 0 aromatic carbocycles. The normalized spacial score (nSPS) is 28.5. The van der Waals surface area contributed by atoms with Gasteiger partial charge in [0.2, 0.25) is 0 Å². The summed E-state index contributed by atoms with van der Waals surface area (Å²) in [4.78, 5) is 10.6. The summed E-state index contributed by atoms with van der Waals surface area (Å²) in [6.07, 6.45) is 4.17. The quantitative estimate of drug-likeness (QED) is 0.646. The average molecular weight is 237 g/mol. The van der Waals surface area contributed by atoms with E-state index in [9.17, 15) is 4.79 Å². The van der Waals surface area contributed by atoms with Crippen LogP contribution in [0.15, 0.2) is 11.6 Å². The first-order valence-corrected chi connectivity index (χ1v) is 5.97. The van der Waals surface area contributed by atoms with Crippen molar-refractivity contribution >= 4 is 5.78 Å². The van der Waals surface area contributed by atoms with Crippen LogP contribution in [-0.2, 0) is 14.3 Å². The van der Waals surface area contributed by atoms with Crippen LogP contribution in [0.1, 0.15) is 33.1 Å². The number of nitriles is 1. The van der Waals surface area contributed by atoms with Gasteiger partial charge in [-0.3, -0.25) is 4.79 Å². The monoisotopic (exact) mass is 237 g/mol. The maximum Gasteiger partial charge on any atom is 0.137 e. The van der Waals surface area contributed by atoms with Gasteiger partial charge in [-0.1, -0.05) is 0 Å². The summed E-state index contributed by atoms with van der Waals surface area (Å²) in [7, 11) is 0. The van der Waals surface area contributed by atoms with Gasteiger partial charge in [0.05, 0.1) is 31.5 Å². The van der Waals surface area contributed by atoms with Gasteiger partial charge in [-0.2, -0.15) is 5.26 Å². The minimum atomic E-state index is 0.133. The largest absolute Gasteiger partial charge is 0.378 e. The summed E-state index contributed by atoms with van der Waals surface area (Å²) in [6.45, 7) is 5.19. The molecule has 2 atom stereocenters. The predicted octanol–water partition coefficient (Wildman–Crippen LogP) is 2.00. The molecule has 0 spiro atoms. The second kappa shape index (κ2) is 7.21. The lowest BCUT2D eigenvalue weighted by Gasteiger charge is -2.16. The topological polar surface area (TPSA) is 59.3 Å². The lowest BCUT2D eigenvalue weighted by Crippen LogP contribution is -2.22. The van der Waals surface area contributed by atoms with Crippen molar-refractivity contribution in [1.29, 1.82) is 5.26 Å². The van der Waals surface area contributed by atoms with Crippen molar-refractivity contribution in [3.05, 3.63) is 11.6 Å². The molecule has 2 aliphatic rings. The molecule has 0 saturated carbocycles. The highest BCUT2D eigenvalue weighted by Gasteiger charge is 2.14. The van der Waals surface area contributed by atoms with Crippen LogP contribution in [0.5, 0.6) is 0 Å². The second-order valence-electron chi connectivity index (χ2n) is 4.30. The van der Waals surface area contributed by atoms with Crippen molar-refractivity contribution in [2.45, 2.75) is 45.3 Å². The van der Waals surface area contributed by atoms with Crippen molar-refractivity contribution in [1.82, 2.24) is 0 Å². The molecule has 2 rings (SSSR count). The van der Waals surface area contributed by atoms with Crippen molar-refractivity contribution in [3.8, 4) is 6.07 Å². The van der Waals surface area contributed by atoms with E-state index in [1.54, 1.807) is 0 Å². The number of carbonyl (C=O) groups is 1. The van der Waals surface area contributed by atoms with Gasteiger partial charge in [0.25, 0.3) is 0 Å². The van der Waals surface area contributed by atoms with Crippen molar-refractivity contribution in [2.75, 3.05) is 13.2 Å². The first-order valence-electron chi connectivity index (χ1n) is 5.97. The third-order valence-corrected chi connectivity index (χ3v) is 2.63. The van der Waals surface area contributed by atoms with Gasteiger partial charge in [-0.25, -0.2) is 0 Å². The highest BCUT2D eigenvalue weighted by molar-refractivity contribution is 5.79. The van der Waals surface area contributed by atoms with Gasteiger partial charge in [0.1, 0.15) is 5.78 Å². The Hall–Kier alpha value is -1.18. The van der Waals surface area contributed by atoms with Crippen molar-refractivity contribution < 1.29 is 14.3 Å². The van der Waals surface area contributed by atoms with Crippen LogP contribution in [0.3, 0.4) is 0 Å². The number of hydrogen-bond donors (Lipinski definition) is 0. The second-order valence-corrected chi connectivity index (χ2v) is 4.30. The molecule has 0 radical (unpaired) electrons. The minimum absolute atomic E-state index is 0.133. The van der Waals surface area contributed by atoms with E-state index < -0.39 is 0 Å². The Morgan fingerprint density at radius 2 is 2.00 bits per heavy atom. The van der Waals surface area contributed by atoms with Gasteiger partial charge in [-0.05, 0) is 19.9 Å². The third-order valence-electron chi connectivity index (χ3n) is 2.63. The first kappa shape index (κ1) is 13.9. The molecule has 0 aromatic rings. The highest BCUT2D eigenvalue weighted by atomic mass is 16.5. The molecule has 2 aliphatic heterocycles. The van der Waals surface area contributed by atoms with Gasteiger partial charge in [0.15, 0.2) is 0 Å². The Kier molecular flexibility index (Phi) is 5.88. The molecular weight excluding hydrogens is 218 g/mol. The average Bonchev–Trinajstić information content (AvgIpc) is 2.29. The van der Waals surface area contributed by atoms with E-state index in [1.807, 2.05) is 19.9 Å². The van der Waals surface area contributed by atoms with E-state index in [0.29, 0.717) is 31.8 Å². The van der Waals surface area contributed by atoms with Gasteiger partial charge in [-0.15, -0.1) is 0 Å². The zero-order valence-corrected chi connectivity index (χ0v) is 10.4. The maximum absolute atomic E-state index is 10.6. The van der Waals surface area contributed by atoms with E-state index >= 15 is 0 Å². The van der Waals surface area contributed by atoms with Crippen LogP contribution in [0.25, 0.3) is 0 Å². The SMILES string of the molecule is CC1C=C(C#N)CCO1.CC1CC(=O)CCO1. The summed E-state index contributed by atoms with van der Waals surface area (Å²) in [5.74, 6) is 0.337. The van der Waals surface area contributed by atoms with Crippen LogP contribution < -0.4 is 0 Å². The molecule has 0 amide bonds. The zero-order valence-electron chi connectivity index (χ0n) is 10.4. The van der Waals surface area contributed by atoms with E-state index in [4.69, 9.17) is 14.7 Å². The Labute approximate surface area is 102 Å². The molecule has 0 bridgehead atoms. The maximum atomic E-state index is 10.6. The van der Waals surface area contributed by atoms with Gasteiger partial charge >= 0.3 is 0 Å². The molecule has 2 heterocycles. The number of ketones is 1. The molecular formula is C13H19NO3. The van der Waals surface area contributed by atoms with E-state index in [0.717, 1.165) is 12.0 Å². The number of hydrogen-bond acceptors (Lipinski definition) is 4.